The molecule has 5 aliphatic carbocycles. The predicted octanol–water partition coefficient (Wildman–Crippen LogP) is 30.8. The fraction of sp³-hybridized carbons (Fsp3) is 0.346. The highest BCUT2D eigenvalue weighted by Gasteiger charge is 2.28. The first kappa shape index (κ1) is 90.7. The maximum Gasteiger partial charge on any atom is 0.213 e. The van der Waals surface area contributed by atoms with Crippen molar-refractivity contribution in [2.75, 3.05) is 0 Å². The highest BCUT2D eigenvalue weighted by atomic mass is 14.9. The van der Waals surface area contributed by atoms with Crippen LogP contribution in [0.3, 0.4) is 0 Å². The molecule has 0 aliphatic heterocycles. The summed E-state index contributed by atoms with van der Waals surface area (Å²) in [6, 6.07) is 109. The second-order valence-corrected chi connectivity index (χ2v) is 41.1. The van der Waals surface area contributed by atoms with Crippen LogP contribution >= 0.6 is 0 Å². The van der Waals surface area contributed by atoms with Crippen LogP contribution in [0.25, 0.3) is 112 Å². The first-order valence-corrected chi connectivity index (χ1v) is 50.9. The van der Waals surface area contributed by atoms with Gasteiger partial charge in [-0.15, -0.1) is 0 Å². The average Bonchev–Trinajstić information content (AvgIpc) is 1.60. The number of aromatic nitrogens is 5. The molecule has 0 bridgehead atoms. The summed E-state index contributed by atoms with van der Waals surface area (Å²) in [7, 11) is 10.5. The van der Waals surface area contributed by atoms with E-state index >= 15 is 0 Å². The number of pyridine rings is 5. The number of rotatable bonds is 20. The Morgan fingerprint density at radius 1 is 0.215 bits per heavy atom. The zero-order chi connectivity index (χ0) is 97.4. The molecule has 10 aromatic carbocycles. The molecule has 5 saturated carbocycles. The first-order chi connectivity index (χ1) is 67.1. The van der Waals surface area contributed by atoms with Gasteiger partial charge in [0.1, 0.15) is 35.2 Å². The van der Waals surface area contributed by atoms with Crippen LogP contribution in [0.15, 0.2) is 334 Å². The Labute approximate surface area is 816 Å². The van der Waals surface area contributed by atoms with Crippen molar-refractivity contribution in [1.29, 1.82) is 0 Å². The normalized spacial score (nSPS) is 19.2. The van der Waals surface area contributed by atoms with Gasteiger partial charge in [-0.25, -0.2) is 22.8 Å². The second-order valence-electron chi connectivity index (χ2n) is 41.1. The molecule has 5 aromatic heterocycles. The molecule has 8 atom stereocenters. The molecule has 0 saturated heterocycles. The topological polar surface area (TPSA) is 19.4 Å². The summed E-state index contributed by atoms with van der Waals surface area (Å²) < 4.78 is 46.0. The van der Waals surface area contributed by atoms with E-state index in [0.29, 0.717) is 11.8 Å². The summed E-state index contributed by atoms with van der Waals surface area (Å²) in [6.45, 7) is 20.1. The fourth-order valence-corrected chi connectivity index (χ4v) is 22.0. The molecule has 5 aliphatic rings. The van der Waals surface area contributed by atoms with Crippen LogP contribution in [0.5, 0.6) is 0 Å². The summed E-state index contributed by atoms with van der Waals surface area (Å²) in [5, 5.41) is 0. The molecule has 0 amide bonds. The number of aryl methyl sites for hydroxylation is 10. The quantitative estimate of drug-likeness (QED) is 0.0678. The lowest BCUT2D eigenvalue weighted by atomic mass is 9.84. The van der Waals surface area contributed by atoms with E-state index in [2.05, 4.69) is 430 Å². The molecule has 20 rings (SSSR count). The first-order valence-electron chi connectivity index (χ1n) is 52.9. The minimum atomic E-state index is -1.28. The monoisotopic (exact) mass is 1790 g/mol. The Balaban J connectivity index is 0.000000125. The van der Waals surface area contributed by atoms with E-state index in [9.17, 15) is 0 Å². The highest BCUT2D eigenvalue weighted by Crippen LogP contribution is 2.41. The smallest absolute Gasteiger partial charge is 0.201 e. The van der Waals surface area contributed by atoms with Crippen molar-refractivity contribution in [2.45, 2.75) is 203 Å². The van der Waals surface area contributed by atoms with Crippen molar-refractivity contribution in [3.8, 4) is 112 Å². The molecular formula is C130H150N5+5. The molecule has 0 radical (unpaired) electrons. The summed E-state index contributed by atoms with van der Waals surface area (Å²) in [6.07, 6.45) is 33.6. The van der Waals surface area contributed by atoms with Crippen molar-refractivity contribution in [3.05, 3.63) is 390 Å². The molecule has 690 valence electrons. The Kier molecular flexibility index (Phi) is 30.9. The van der Waals surface area contributed by atoms with Crippen molar-refractivity contribution < 1.29 is 28.3 Å². The lowest BCUT2D eigenvalue weighted by molar-refractivity contribution is -0.660. The van der Waals surface area contributed by atoms with E-state index in [1.807, 2.05) is 24.3 Å². The average molecular weight is 1790 g/mol. The maximum absolute atomic E-state index is 8.82. The van der Waals surface area contributed by atoms with Crippen LogP contribution in [0, 0.1) is 87.9 Å². The third-order valence-electron chi connectivity index (χ3n) is 30.1. The lowest BCUT2D eigenvalue weighted by Gasteiger charge is -2.21. The van der Waals surface area contributed by atoms with Crippen molar-refractivity contribution in [2.24, 2.45) is 88.5 Å². The number of nitrogens with zero attached hydrogens (tertiary/aromatic N) is 5. The van der Waals surface area contributed by atoms with E-state index in [1.165, 1.54) is 224 Å². The van der Waals surface area contributed by atoms with Gasteiger partial charge in [-0.2, -0.15) is 0 Å². The fourth-order valence-electron chi connectivity index (χ4n) is 22.0. The highest BCUT2D eigenvalue weighted by molar-refractivity contribution is 5.76. The molecule has 5 nitrogen and oxygen atoms in total. The van der Waals surface area contributed by atoms with Gasteiger partial charge < -0.3 is 0 Å². The molecule has 0 spiro atoms. The van der Waals surface area contributed by atoms with Crippen LogP contribution < -0.4 is 22.8 Å². The standard InChI is InChI=1S/5C26H30N/c2*1-19-11-12-22(15-19)16-21-8-6-9-23(17-21)24-13-14-27(3)26(18-24)25-10-5-4-7-20(25)2;2*1-19-8-9-22(16-19)17-21-10-12-23(13-11-21)24-14-15-27(3)26(18-24)25-7-5-4-6-20(25)2;1-20-8-6-7-11-25(20)26-19-24(16-17-27(26)2)23-14-12-22(13-15-23)18-21-9-4-3-5-10-21/h2*4-10,13-14,17-19,22H,11-12,15-16H2,1-3H3;2*4-7,10-15,18-19,22H,8-9,16-17H2,1-3H3;6-8,11-17,19,21H,3-5,9-10,18H2,1-2H3/q5*+1/i16D2;;17D2;;. The molecule has 8 unspecified atom stereocenters. The zero-order valence-corrected chi connectivity index (χ0v) is 83.3. The molecule has 15 aromatic rings. The van der Waals surface area contributed by atoms with Crippen LogP contribution in [-0.2, 0) is 67.2 Å². The minimum absolute atomic E-state index is 0.115. The molecule has 135 heavy (non-hydrogen) atoms. The van der Waals surface area contributed by atoms with Gasteiger partial charge in [0, 0.05) is 94.0 Å². The summed E-state index contributed by atoms with van der Waals surface area (Å²) in [4.78, 5) is 0. The lowest BCUT2D eigenvalue weighted by Crippen LogP contribution is -2.30. The third-order valence-corrected chi connectivity index (χ3v) is 30.1. The number of hydrogen-bond donors (Lipinski definition) is 0. The minimum Gasteiger partial charge on any atom is -0.201 e. The Hall–Kier alpha value is -12.1. The summed E-state index contributed by atoms with van der Waals surface area (Å²) in [5.41, 5.74) is 37.3. The van der Waals surface area contributed by atoms with E-state index in [-0.39, 0.29) is 11.8 Å². The van der Waals surface area contributed by atoms with E-state index < -0.39 is 12.7 Å². The Morgan fingerprint density at radius 2 is 0.467 bits per heavy atom. The third kappa shape index (κ3) is 25.6. The van der Waals surface area contributed by atoms with E-state index in [1.54, 1.807) is 0 Å². The molecular weight excluding hydrogens is 1630 g/mol. The summed E-state index contributed by atoms with van der Waals surface area (Å²) >= 11 is 0. The second kappa shape index (κ2) is 46.0. The molecule has 5 fully saturated rings. The summed E-state index contributed by atoms with van der Waals surface area (Å²) in [5.74, 6) is 5.98. The van der Waals surface area contributed by atoms with Crippen molar-refractivity contribution in [1.82, 2.24) is 0 Å². The SMILES string of the molecule is Cc1ccccc1-c1cc(-c2ccc(CC3CCC(C)C3)cc2)cc[n+]1C.Cc1ccccc1-c1cc(-c2ccc(CC3CCCCC3)cc2)cc[n+]1C.Cc1ccccc1-c1cc(-c2cccc(CC3CCC(C)C3)c2)cc[n+]1C.[2H]C([2H])(c1ccc(-c2cc[n+](C)c(-c3ccccc3C)c2)cc1)C1CCC(C)C1.[2H]C([2H])(c1cccc(-c2cc[n+](C)c(-c3ccccc3C)c2)c1)C1CCC(C)C1. The zero-order valence-electron chi connectivity index (χ0n) is 87.3. The van der Waals surface area contributed by atoms with Crippen LogP contribution in [0.2, 0.25) is 0 Å². The van der Waals surface area contributed by atoms with Gasteiger partial charge in [-0.1, -0.05) is 298 Å². The van der Waals surface area contributed by atoms with Gasteiger partial charge in [-0.05, 0) is 313 Å². The van der Waals surface area contributed by atoms with Crippen LogP contribution in [0.4, 0.5) is 0 Å². The van der Waals surface area contributed by atoms with Crippen molar-refractivity contribution >= 4 is 0 Å². The van der Waals surface area contributed by atoms with Gasteiger partial charge in [0.15, 0.2) is 31.0 Å². The van der Waals surface area contributed by atoms with Gasteiger partial charge in [0.25, 0.3) is 0 Å². The molecule has 5 heterocycles. The molecule has 5 heteroatoms. The Bertz CT molecular complexity index is 6520. The van der Waals surface area contributed by atoms with Crippen LogP contribution in [0.1, 0.15) is 198 Å². The van der Waals surface area contributed by atoms with Crippen LogP contribution in [-0.4, -0.2) is 0 Å². The number of benzene rings is 10. The van der Waals surface area contributed by atoms with Crippen molar-refractivity contribution in [3.63, 3.8) is 0 Å². The van der Waals surface area contributed by atoms with Gasteiger partial charge in [0.2, 0.25) is 28.5 Å². The van der Waals surface area contributed by atoms with Gasteiger partial charge in [-0.3, -0.25) is 0 Å². The maximum atomic E-state index is 8.82. The van der Waals surface area contributed by atoms with Gasteiger partial charge >= 0.3 is 0 Å². The Morgan fingerprint density at radius 3 is 0.770 bits per heavy atom. The molecule has 0 N–H and O–H groups in total. The number of hydrogen-bond acceptors (Lipinski definition) is 0. The van der Waals surface area contributed by atoms with E-state index in [0.717, 1.165) is 101 Å². The van der Waals surface area contributed by atoms with Gasteiger partial charge in [0.05, 0.1) is 0 Å². The van der Waals surface area contributed by atoms with E-state index in [4.69, 9.17) is 5.48 Å². The predicted molar refractivity (Wildman–Crippen MR) is 567 cm³/mol. The largest absolute Gasteiger partial charge is 0.213 e.